The monoisotopic (exact) mass is 233 g/mol. The van der Waals surface area contributed by atoms with Crippen LogP contribution in [0.15, 0.2) is 22.8 Å². The van der Waals surface area contributed by atoms with E-state index in [1.165, 1.54) is 5.56 Å². The molecule has 17 heavy (non-hydrogen) atoms. The number of nitrogens with two attached hydrogens (primary N) is 1. The molecule has 2 aromatic heterocycles. The minimum atomic E-state index is 0.222. The number of hydrogen-bond donors (Lipinski definition) is 2. The summed E-state index contributed by atoms with van der Waals surface area (Å²) in [4.78, 5) is 0. The van der Waals surface area contributed by atoms with Gasteiger partial charge < -0.3 is 10.2 Å². The lowest BCUT2D eigenvalue weighted by Crippen LogP contribution is -2.15. The number of aryl methyl sites for hydroxylation is 1. The lowest BCUT2D eigenvalue weighted by molar-refractivity contribution is 0.518. The summed E-state index contributed by atoms with van der Waals surface area (Å²) in [5.74, 6) is 0.954. The molecular formula is C13H19N3O. The van der Waals surface area contributed by atoms with Gasteiger partial charge in [-0.25, -0.2) is 0 Å². The highest BCUT2D eigenvalue weighted by Crippen LogP contribution is 2.16. The first-order valence-electron chi connectivity index (χ1n) is 5.97. The van der Waals surface area contributed by atoms with E-state index in [9.17, 15) is 0 Å². The summed E-state index contributed by atoms with van der Waals surface area (Å²) in [6, 6.07) is 4.10. The molecule has 0 fully saturated rings. The van der Waals surface area contributed by atoms with Gasteiger partial charge in [0.1, 0.15) is 5.76 Å². The van der Waals surface area contributed by atoms with Crippen molar-refractivity contribution in [2.45, 2.75) is 39.2 Å². The molecule has 0 amide bonds. The highest BCUT2D eigenvalue weighted by atomic mass is 16.3. The summed E-state index contributed by atoms with van der Waals surface area (Å²) in [6.07, 6.45) is 4.35. The van der Waals surface area contributed by atoms with Crippen molar-refractivity contribution in [3.63, 3.8) is 0 Å². The third-order valence-electron chi connectivity index (χ3n) is 2.98. The van der Waals surface area contributed by atoms with Crippen LogP contribution in [0.25, 0.3) is 0 Å². The number of aromatic amines is 1. The molecule has 92 valence electrons. The van der Waals surface area contributed by atoms with Crippen molar-refractivity contribution in [1.29, 1.82) is 0 Å². The van der Waals surface area contributed by atoms with E-state index in [1.54, 1.807) is 6.26 Å². The zero-order valence-electron chi connectivity index (χ0n) is 10.4. The van der Waals surface area contributed by atoms with E-state index in [0.717, 1.165) is 36.4 Å². The first-order valence-corrected chi connectivity index (χ1v) is 5.97. The van der Waals surface area contributed by atoms with Gasteiger partial charge in [-0.1, -0.05) is 0 Å². The Balaban J connectivity index is 2.04. The van der Waals surface area contributed by atoms with Gasteiger partial charge in [-0.3, -0.25) is 5.10 Å². The van der Waals surface area contributed by atoms with Gasteiger partial charge in [-0.15, -0.1) is 0 Å². The summed E-state index contributed by atoms with van der Waals surface area (Å²) in [6.45, 7) is 4.12. The second-order valence-electron chi connectivity index (χ2n) is 4.55. The van der Waals surface area contributed by atoms with Gasteiger partial charge in [0.15, 0.2) is 0 Å². The Kier molecular flexibility index (Phi) is 3.64. The zero-order valence-corrected chi connectivity index (χ0v) is 10.4. The van der Waals surface area contributed by atoms with E-state index >= 15 is 0 Å². The largest absolute Gasteiger partial charge is 0.469 e. The average molecular weight is 233 g/mol. The standard InChI is InChI=1S/C13H19N3O/c1-9(14)5-6-12-10(2)13(16-15-12)8-11-4-3-7-17-11/h3-4,7,9H,5-6,8,14H2,1-2H3,(H,15,16). The molecule has 0 radical (unpaired) electrons. The van der Waals surface area contributed by atoms with E-state index in [-0.39, 0.29) is 6.04 Å². The predicted molar refractivity (Wildman–Crippen MR) is 66.8 cm³/mol. The van der Waals surface area contributed by atoms with Crippen LogP contribution in [0.2, 0.25) is 0 Å². The van der Waals surface area contributed by atoms with Crippen LogP contribution in [0.5, 0.6) is 0 Å². The van der Waals surface area contributed by atoms with Crippen molar-refractivity contribution in [3.05, 3.63) is 41.1 Å². The topological polar surface area (TPSA) is 67.8 Å². The summed E-state index contributed by atoms with van der Waals surface area (Å²) >= 11 is 0. The van der Waals surface area contributed by atoms with Gasteiger partial charge >= 0.3 is 0 Å². The Hall–Kier alpha value is -1.55. The maximum Gasteiger partial charge on any atom is 0.109 e. The van der Waals surface area contributed by atoms with E-state index < -0.39 is 0 Å². The van der Waals surface area contributed by atoms with Gasteiger partial charge in [-0.2, -0.15) is 5.10 Å². The smallest absolute Gasteiger partial charge is 0.109 e. The van der Waals surface area contributed by atoms with E-state index in [0.29, 0.717) is 0 Å². The first kappa shape index (κ1) is 11.9. The second-order valence-corrected chi connectivity index (χ2v) is 4.55. The fraction of sp³-hybridized carbons (Fsp3) is 0.462. The lowest BCUT2D eigenvalue weighted by Gasteiger charge is -2.03. The molecule has 2 aromatic rings. The summed E-state index contributed by atoms with van der Waals surface area (Å²) in [5, 5.41) is 7.43. The molecule has 1 atom stereocenters. The van der Waals surface area contributed by atoms with Crippen LogP contribution < -0.4 is 5.73 Å². The maximum atomic E-state index is 5.75. The SMILES string of the molecule is Cc1c(CCC(C)N)n[nH]c1Cc1ccco1. The van der Waals surface area contributed by atoms with Gasteiger partial charge in [0.05, 0.1) is 12.0 Å². The van der Waals surface area contributed by atoms with Crippen molar-refractivity contribution < 1.29 is 4.42 Å². The molecule has 4 nitrogen and oxygen atoms in total. The third kappa shape index (κ3) is 2.97. The molecule has 1 unspecified atom stereocenters. The van der Waals surface area contributed by atoms with Crippen molar-refractivity contribution >= 4 is 0 Å². The second kappa shape index (κ2) is 5.19. The Morgan fingerprint density at radius 1 is 1.53 bits per heavy atom. The number of nitrogens with zero attached hydrogens (tertiary/aromatic N) is 1. The van der Waals surface area contributed by atoms with Gasteiger partial charge in [-0.05, 0) is 44.4 Å². The Morgan fingerprint density at radius 3 is 3.00 bits per heavy atom. The zero-order chi connectivity index (χ0) is 12.3. The van der Waals surface area contributed by atoms with Crippen LogP contribution in [0.3, 0.4) is 0 Å². The molecule has 0 aliphatic rings. The number of hydrogen-bond acceptors (Lipinski definition) is 3. The number of H-pyrrole nitrogens is 1. The van der Waals surface area contributed by atoms with Crippen molar-refractivity contribution in [3.8, 4) is 0 Å². The summed E-state index contributed by atoms with van der Waals surface area (Å²) < 4.78 is 5.33. The molecule has 2 heterocycles. The summed E-state index contributed by atoms with van der Waals surface area (Å²) in [5.41, 5.74) is 9.22. The average Bonchev–Trinajstić information content (AvgIpc) is 2.89. The van der Waals surface area contributed by atoms with Gasteiger partial charge in [0, 0.05) is 18.2 Å². The van der Waals surface area contributed by atoms with E-state index in [1.807, 2.05) is 19.1 Å². The molecule has 0 aromatic carbocycles. The Morgan fingerprint density at radius 2 is 2.35 bits per heavy atom. The number of nitrogens with one attached hydrogen (secondary N) is 1. The van der Waals surface area contributed by atoms with Gasteiger partial charge in [0.2, 0.25) is 0 Å². The molecule has 0 spiro atoms. The molecule has 0 bridgehead atoms. The molecule has 0 saturated heterocycles. The number of rotatable bonds is 5. The molecular weight excluding hydrogens is 214 g/mol. The lowest BCUT2D eigenvalue weighted by atomic mass is 10.1. The van der Waals surface area contributed by atoms with Crippen LogP contribution in [-0.4, -0.2) is 16.2 Å². The fourth-order valence-corrected chi connectivity index (χ4v) is 1.84. The van der Waals surface area contributed by atoms with Crippen LogP contribution >= 0.6 is 0 Å². The first-order chi connectivity index (χ1) is 8.16. The fourth-order valence-electron chi connectivity index (χ4n) is 1.84. The molecule has 3 N–H and O–H groups in total. The molecule has 0 aliphatic carbocycles. The van der Waals surface area contributed by atoms with Crippen molar-refractivity contribution in [2.24, 2.45) is 5.73 Å². The normalized spacial score (nSPS) is 12.9. The highest BCUT2D eigenvalue weighted by Gasteiger charge is 2.10. The maximum absolute atomic E-state index is 5.75. The molecule has 4 heteroatoms. The highest BCUT2D eigenvalue weighted by molar-refractivity contribution is 5.26. The van der Waals surface area contributed by atoms with Crippen molar-refractivity contribution in [2.75, 3.05) is 0 Å². The van der Waals surface area contributed by atoms with Crippen LogP contribution in [0, 0.1) is 6.92 Å². The van der Waals surface area contributed by atoms with Crippen molar-refractivity contribution in [1.82, 2.24) is 10.2 Å². The van der Waals surface area contributed by atoms with E-state index in [4.69, 9.17) is 10.2 Å². The molecule has 2 rings (SSSR count). The minimum absolute atomic E-state index is 0.222. The summed E-state index contributed by atoms with van der Waals surface area (Å²) in [7, 11) is 0. The Labute approximate surface area is 101 Å². The van der Waals surface area contributed by atoms with Crippen LogP contribution in [-0.2, 0) is 12.8 Å². The number of furan rings is 1. The van der Waals surface area contributed by atoms with Gasteiger partial charge in [0.25, 0.3) is 0 Å². The molecule has 0 aliphatic heterocycles. The van der Waals surface area contributed by atoms with Crippen LogP contribution in [0.1, 0.15) is 36.1 Å². The third-order valence-corrected chi connectivity index (χ3v) is 2.98. The number of aromatic nitrogens is 2. The minimum Gasteiger partial charge on any atom is -0.469 e. The Bertz CT molecular complexity index is 457. The molecule has 0 saturated carbocycles. The predicted octanol–water partition coefficient (Wildman–Crippen LogP) is 2.18. The quantitative estimate of drug-likeness (QED) is 0.831. The van der Waals surface area contributed by atoms with Crippen LogP contribution in [0.4, 0.5) is 0 Å². The van der Waals surface area contributed by atoms with E-state index in [2.05, 4.69) is 17.1 Å².